The predicted octanol–water partition coefficient (Wildman–Crippen LogP) is 1.99. The van der Waals surface area contributed by atoms with Crippen molar-refractivity contribution in [2.75, 3.05) is 80.8 Å². The Morgan fingerprint density at radius 3 is 2.27 bits per heavy atom. The van der Waals surface area contributed by atoms with Gasteiger partial charge in [-0.3, -0.25) is 4.79 Å². The van der Waals surface area contributed by atoms with Gasteiger partial charge in [0.2, 0.25) is 10.0 Å². The molecular weight excluding hydrogens is 497 g/mol. The number of benzene rings is 2. The number of piperazine rings is 2. The monoisotopic (exact) mass is 531 g/mol. The van der Waals surface area contributed by atoms with Gasteiger partial charge in [-0.05, 0) is 55.8 Å². The fourth-order valence-corrected chi connectivity index (χ4v) is 5.99. The number of aryl methyl sites for hydroxylation is 1. The molecule has 0 aliphatic carbocycles. The lowest BCUT2D eigenvalue weighted by molar-refractivity contribution is -0.123. The molecule has 0 radical (unpaired) electrons. The average molecular weight is 532 g/mol. The van der Waals surface area contributed by atoms with Gasteiger partial charge in [0.1, 0.15) is 11.6 Å². The summed E-state index contributed by atoms with van der Waals surface area (Å²) >= 11 is 0. The molecule has 0 saturated carbocycles. The molecule has 37 heavy (non-hydrogen) atoms. The van der Waals surface area contributed by atoms with E-state index in [1.165, 1.54) is 22.7 Å². The zero-order valence-corrected chi connectivity index (χ0v) is 22.1. The average Bonchev–Trinajstić information content (AvgIpc) is 2.88. The molecule has 2 fully saturated rings. The second kappa shape index (κ2) is 10.5. The summed E-state index contributed by atoms with van der Waals surface area (Å²) in [5, 5.41) is 2.96. The van der Waals surface area contributed by atoms with Gasteiger partial charge in [0.15, 0.2) is 6.10 Å². The van der Waals surface area contributed by atoms with Crippen LogP contribution >= 0.6 is 0 Å². The number of anilines is 3. The third-order valence-electron chi connectivity index (χ3n) is 7.39. The van der Waals surface area contributed by atoms with Crippen molar-refractivity contribution in [1.82, 2.24) is 9.21 Å². The molecule has 2 aromatic carbocycles. The molecule has 5 rings (SSSR count). The van der Waals surface area contributed by atoms with Crippen LogP contribution < -0.4 is 19.9 Å². The van der Waals surface area contributed by atoms with Crippen LogP contribution in [0.25, 0.3) is 0 Å². The lowest BCUT2D eigenvalue weighted by atomic mass is 9.99. The molecule has 0 spiro atoms. The number of carbonyl (C=O) groups excluding carboxylic acids is 1. The largest absolute Gasteiger partial charge is 0.478 e. The summed E-state index contributed by atoms with van der Waals surface area (Å²) in [6, 6.07) is 10.7. The van der Waals surface area contributed by atoms with Crippen LogP contribution in [-0.2, 0) is 21.2 Å². The third-order valence-corrected chi connectivity index (χ3v) is 8.69. The summed E-state index contributed by atoms with van der Waals surface area (Å²) in [6.07, 6.45) is 1.46. The van der Waals surface area contributed by atoms with Crippen molar-refractivity contribution in [3.05, 3.63) is 47.8 Å². The number of carbonyl (C=O) groups is 1. The Morgan fingerprint density at radius 2 is 1.62 bits per heavy atom. The zero-order chi connectivity index (χ0) is 26.2. The maximum atomic E-state index is 14.4. The first-order valence-electron chi connectivity index (χ1n) is 12.7. The molecule has 0 aromatic heterocycles. The maximum absolute atomic E-state index is 14.4. The Balaban J connectivity index is 1.25. The van der Waals surface area contributed by atoms with Crippen molar-refractivity contribution in [3.8, 4) is 5.75 Å². The molecule has 3 aliphatic heterocycles. The Hall–Kier alpha value is -2.89. The molecule has 1 N–H and O–H groups in total. The normalized spacial score (nSPS) is 21.3. The van der Waals surface area contributed by atoms with E-state index in [-0.39, 0.29) is 11.7 Å². The molecule has 1 atom stereocenters. The highest BCUT2D eigenvalue weighted by Crippen LogP contribution is 2.39. The van der Waals surface area contributed by atoms with Gasteiger partial charge in [0.25, 0.3) is 5.91 Å². The van der Waals surface area contributed by atoms with Gasteiger partial charge in [-0.25, -0.2) is 12.8 Å². The maximum Gasteiger partial charge on any atom is 0.265 e. The van der Waals surface area contributed by atoms with Crippen LogP contribution in [0, 0.1) is 5.82 Å². The quantitative estimate of drug-likeness (QED) is 0.632. The number of fused-ring (bicyclic) bond motifs is 1. The Kier molecular flexibility index (Phi) is 7.28. The highest BCUT2D eigenvalue weighted by atomic mass is 32.2. The summed E-state index contributed by atoms with van der Waals surface area (Å²) in [6.45, 7) is 5.48. The molecule has 9 nitrogen and oxygen atoms in total. The zero-order valence-electron chi connectivity index (χ0n) is 21.3. The number of rotatable bonds is 5. The van der Waals surface area contributed by atoms with E-state index in [4.69, 9.17) is 4.74 Å². The second-order valence-corrected chi connectivity index (χ2v) is 12.0. The van der Waals surface area contributed by atoms with Crippen LogP contribution in [-0.4, -0.2) is 95.3 Å². The van der Waals surface area contributed by atoms with Crippen LogP contribution in [0.4, 0.5) is 21.5 Å². The number of nitrogens with one attached hydrogen (secondary N) is 1. The van der Waals surface area contributed by atoms with Crippen LogP contribution in [0.1, 0.15) is 12.0 Å². The molecular formula is C26H34FN5O4S. The van der Waals surface area contributed by atoms with Gasteiger partial charge in [0.05, 0.1) is 11.9 Å². The smallest absolute Gasteiger partial charge is 0.265 e. The Bertz CT molecular complexity index is 1240. The van der Waals surface area contributed by atoms with Gasteiger partial charge >= 0.3 is 0 Å². The summed E-state index contributed by atoms with van der Waals surface area (Å²) in [7, 11) is -1.15. The molecule has 3 heterocycles. The molecule has 1 unspecified atom stereocenters. The van der Waals surface area contributed by atoms with Crippen LogP contribution in [0.15, 0.2) is 36.4 Å². The van der Waals surface area contributed by atoms with Crippen molar-refractivity contribution >= 4 is 33.0 Å². The number of hydrogen-bond acceptors (Lipinski definition) is 7. The number of hydrogen-bond donors (Lipinski definition) is 1. The minimum Gasteiger partial charge on any atom is -0.478 e. The number of halogens is 1. The van der Waals surface area contributed by atoms with E-state index >= 15 is 0 Å². The van der Waals surface area contributed by atoms with Gasteiger partial charge in [-0.2, -0.15) is 4.31 Å². The fourth-order valence-electron chi connectivity index (χ4n) is 5.17. The van der Waals surface area contributed by atoms with Crippen LogP contribution in [0.3, 0.4) is 0 Å². The SMILES string of the molecule is CN1CCN(c2ccc(NC(=O)C3CCc4cc(F)cc(N5CCN(S(C)(=O)=O)CC5)c4O3)cc2)CC1. The van der Waals surface area contributed by atoms with Crippen molar-refractivity contribution in [1.29, 1.82) is 0 Å². The first-order valence-corrected chi connectivity index (χ1v) is 14.6. The molecule has 11 heteroatoms. The van der Waals surface area contributed by atoms with E-state index in [9.17, 15) is 17.6 Å². The third kappa shape index (κ3) is 5.83. The number of amides is 1. The van der Waals surface area contributed by atoms with Crippen molar-refractivity contribution < 1.29 is 22.3 Å². The van der Waals surface area contributed by atoms with E-state index in [0.717, 1.165) is 37.4 Å². The van der Waals surface area contributed by atoms with Gasteiger partial charge in [-0.1, -0.05) is 0 Å². The first kappa shape index (κ1) is 25.7. The highest BCUT2D eigenvalue weighted by Gasteiger charge is 2.32. The van der Waals surface area contributed by atoms with E-state index in [2.05, 4.69) is 22.2 Å². The van der Waals surface area contributed by atoms with Crippen molar-refractivity contribution in [2.24, 2.45) is 0 Å². The lowest BCUT2D eigenvalue weighted by Gasteiger charge is -2.37. The van der Waals surface area contributed by atoms with Crippen molar-refractivity contribution in [3.63, 3.8) is 0 Å². The highest BCUT2D eigenvalue weighted by molar-refractivity contribution is 7.88. The van der Waals surface area contributed by atoms with Crippen LogP contribution in [0.2, 0.25) is 0 Å². The lowest BCUT2D eigenvalue weighted by Crippen LogP contribution is -2.48. The summed E-state index contributed by atoms with van der Waals surface area (Å²) in [5.41, 5.74) is 3.13. The van der Waals surface area contributed by atoms with Gasteiger partial charge in [-0.15, -0.1) is 0 Å². The molecule has 200 valence electrons. The van der Waals surface area contributed by atoms with E-state index in [0.29, 0.717) is 56.1 Å². The van der Waals surface area contributed by atoms with E-state index in [1.54, 1.807) is 0 Å². The topological polar surface area (TPSA) is 85.4 Å². The number of sulfonamides is 1. The molecule has 0 bridgehead atoms. The second-order valence-electron chi connectivity index (χ2n) is 10.0. The molecule has 2 saturated heterocycles. The standard InChI is InChI=1S/C26H34FN5O4S/c1-29-9-11-30(12-10-29)22-6-4-21(5-7-22)28-26(33)24-8-3-19-17-20(27)18-23(25(19)36-24)31-13-15-32(16-14-31)37(2,34)35/h4-7,17-18,24H,3,8-16H2,1-2H3,(H,28,33). The van der Waals surface area contributed by atoms with Gasteiger partial charge in [0, 0.05) is 69.8 Å². The molecule has 2 aromatic rings. The van der Waals surface area contributed by atoms with E-state index in [1.807, 2.05) is 29.2 Å². The van der Waals surface area contributed by atoms with Crippen molar-refractivity contribution in [2.45, 2.75) is 18.9 Å². The number of likely N-dealkylation sites (N-methyl/N-ethyl adjacent to an activating group) is 1. The first-order chi connectivity index (χ1) is 17.7. The summed E-state index contributed by atoms with van der Waals surface area (Å²) < 4.78 is 45.8. The minimum atomic E-state index is -3.27. The van der Waals surface area contributed by atoms with Gasteiger partial charge < -0.3 is 24.8 Å². The molecule has 1 amide bonds. The number of ether oxygens (including phenoxy) is 1. The molecule has 3 aliphatic rings. The Labute approximate surface area is 217 Å². The predicted molar refractivity (Wildman–Crippen MR) is 143 cm³/mol. The number of nitrogens with zero attached hydrogens (tertiary/aromatic N) is 4. The minimum absolute atomic E-state index is 0.241. The fraction of sp³-hybridized carbons (Fsp3) is 0.500. The summed E-state index contributed by atoms with van der Waals surface area (Å²) in [5.74, 6) is -0.104. The Morgan fingerprint density at radius 1 is 0.973 bits per heavy atom. The summed E-state index contributed by atoms with van der Waals surface area (Å²) in [4.78, 5) is 19.7. The van der Waals surface area contributed by atoms with Crippen LogP contribution in [0.5, 0.6) is 5.75 Å². The van der Waals surface area contributed by atoms with E-state index < -0.39 is 16.1 Å².